The number of allylic oxidation sites excluding steroid dienone is 2. The smallest absolute Gasteiger partial charge is 0.142 e. The summed E-state index contributed by atoms with van der Waals surface area (Å²) in [5.41, 5.74) is 4.90. The van der Waals surface area contributed by atoms with E-state index in [1.54, 1.807) is 6.92 Å². The molecule has 0 aromatic heterocycles. The minimum absolute atomic E-state index is 0.395. The van der Waals surface area contributed by atoms with Crippen molar-refractivity contribution in [3.05, 3.63) is 12.2 Å². The number of carbonyl (C=O) groups is 1. The van der Waals surface area contributed by atoms with E-state index in [4.69, 9.17) is 5.41 Å². The van der Waals surface area contributed by atoms with Crippen molar-refractivity contribution in [3.8, 4) is 0 Å². The van der Waals surface area contributed by atoms with Crippen molar-refractivity contribution in [1.29, 1.82) is 5.41 Å². The molecule has 0 bridgehead atoms. The summed E-state index contributed by atoms with van der Waals surface area (Å²) < 4.78 is 0. The predicted molar refractivity (Wildman–Crippen MR) is 38.7 cm³/mol. The van der Waals surface area contributed by atoms with Crippen LogP contribution in [0.1, 0.15) is 6.92 Å². The second kappa shape index (κ2) is 10.1. The first-order chi connectivity index (χ1) is 4.27. The zero-order valence-electron chi connectivity index (χ0n) is 5.72. The number of aldehydes is 1. The Morgan fingerprint density at radius 3 is 2.11 bits per heavy atom. The Labute approximate surface area is 55.1 Å². The summed E-state index contributed by atoms with van der Waals surface area (Å²) >= 11 is 0. The van der Waals surface area contributed by atoms with E-state index in [0.717, 1.165) is 0 Å². The van der Waals surface area contributed by atoms with Crippen LogP contribution in [0.3, 0.4) is 0 Å². The van der Waals surface area contributed by atoms with E-state index >= 15 is 0 Å². The van der Waals surface area contributed by atoms with Gasteiger partial charge in [-0.25, -0.2) is 0 Å². The molecular formula is C6H12N2O. The average molecular weight is 128 g/mol. The first-order valence-electron chi connectivity index (χ1n) is 2.52. The monoisotopic (exact) mass is 128 g/mol. The lowest BCUT2D eigenvalue weighted by Gasteiger charge is -1.73. The van der Waals surface area contributed by atoms with E-state index in [-0.39, 0.29) is 0 Å². The molecule has 0 rings (SSSR count). The van der Waals surface area contributed by atoms with Crippen LogP contribution in [0.5, 0.6) is 0 Å². The Morgan fingerprint density at radius 2 is 2.00 bits per heavy atom. The van der Waals surface area contributed by atoms with Gasteiger partial charge in [-0.2, -0.15) is 0 Å². The average Bonchev–Trinajstić information content (AvgIpc) is 1.88. The highest BCUT2D eigenvalue weighted by Crippen LogP contribution is 1.69. The van der Waals surface area contributed by atoms with Gasteiger partial charge in [0.05, 0.1) is 0 Å². The fourth-order valence-electron chi connectivity index (χ4n) is 0.184. The Morgan fingerprint density at radius 1 is 1.56 bits per heavy atom. The van der Waals surface area contributed by atoms with Gasteiger partial charge in [0.25, 0.3) is 0 Å². The molecule has 0 aromatic rings. The van der Waals surface area contributed by atoms with Gasteiger partial charge in [0.15, 0.2) is 0 Å². The van der Waals surface area contributed by atoms with Crippen molar-refractivity contribution in [2.75, 3.05) is 7.05 Å². The molecule has 3 N–H and O–H groups in total. The summed E-state index contributed by atoms with van der Waals surface area (Å²) in [7, 11) is 1.50. The number of hydrogen-bond donors (Lipinski definition) is 2. The van der Waals surface area contributed by atoms with Crippen LogP contribution in [-0.2, 0) is 4.79 Å². The molecular weight excluding hydrogens is 116 g/mol. The van der Waals surface area contributed by atoms with Crippen LogP contribution in [-0.4, -0.2) is 19.0 Å². The highest BCUT2D eigenvalue weighted by Gasteiger charge is 1.70. The Hall–Kier alpha value is -0.960. The molecule has 0 aromatic carbocycles. The van der Waals surface area contributed by atoms with E-state index < -0.39 is 0 Å². The van der Waals surface area contributed by atoms with Crippen LogP contribution >= 0.6 is 0 Å². The third-order valence-corrected chi connectivity index (χ3v) is 0.425. The normalized spacial score (nSPS) is 7.89. The number of rotatable bonds is 2. The molecule has 0 aliphatic heterocycles. The minimum atomic E-state index is 0.395. The van der Waals surface area contributed by atoms with Gasteiger partial charge in [-0.05, 0) is 26.1 Å². The third-order valence-electron chi connectivity index (χ3n) is 0.425. The zero-order chi connectivity index (χ0) is 7.70. The lowest BCUT2D eigenvalue weighted by Crippen LogP contribution is -1.76. The van der Waals surface area contributed by atoms with Crippen LogP contribution in [0.25, 0.3) is 0 Å². The number of nitrogens with one attached hydrogen (secondary N) is 1. The van der Waals surface area contributed by atoms with Crippen LogP contribution in [0.2, 0.25) is 0 Å². The topological polar surface area (TPSA) is 66.9 Å². The predicted octanol–water partition coefficient (Wildman–Crippen LogP) is 0.356. The summed E-state index contributed by atoms with van der Waals surface area (Å²) in [6, 6.07) is 0. The molecule has 3 nitrogen and oxygen atoms in total. The second-order valence-corrected chi connectivity index (χ2v) is 1.18. The first-order valence-corrected chi connectivity index (χ1v) is 2.52. The third kappa shape index (κ3) is 19.4. The fraction of sp³-hybridized carbons (Fsp3) is 0.333. The van der Waals surface area contributed by atoms with Crippen LogP contribution in [0.4, 0.5) is 0 Å². The SMILES string of the molecule is CC(=N)/C=C\C=O.CN. The van der Waals surface area contributed by atoms with E-state index in [1.165, 1.54) is 19.2 Å². The van der Waals surface area contributed by atoms with Gasteiger partial charge >= 0.3 is 0 Å². The van der Waals surface area contributed by atoms with Crippen molar-refractivity contribution < 1.29 is 4.79 Å². The second-order valence-electron chi connectivity index (χ2n) is 1.18. The first kappa shape index (κ1) is 10.9. The van der Waals surface area contributed by atoms with E-state index in [0.29, 0.717) is 12.0 Å². The largest absolute Gasteiger partial charge is 0.333 e. The molecule has 0 radical (unpaired) electrons. The summed E-state index contributed by atoms with van der Waals surface area (Å²) in [5, 5.41) is 6.75. The molecule has 0 saturated heterocycles. The molecule has 0 spiro atoms. The molecule has 0 heterocycles. The van der Waals surface area contributed by atoms with Crippen LogP contribution < -0.4 is 5.73 Å². The quantitative estimate of drug-likeness (QED) is 0.320. The van der Waals surface area contributed by atoms with Crippen molar-refractivity contribution in [1.82, 2.24) is 0 Å². The molecule has 0 unspecified atom stereocenters. The van der Waals surface area contributed by atoms with E-state index in [9.17, 15) is 4.79 Å². The number of hydrogen-bond acceptors (Lipinski definition) is 3. The fourth-order valence-corrected chi connectivity index (χ4v) is 0.184. The van der Waals surface area contributed by atoms with Crippen LogP contribution in [0, 0.1) is 5.41 Å². The van der Waals surface area contributed by atoms with Crippen molar-refractivity contribution >= 4 is 12.0 Å². The van der Waals surface area contributed by atoms with Gasteiger partial charge in [0.1, 0.15) is 6.29 Å². The van der Waals surface area contributed by atoms with Gasteiger partial charge in [-0.1, -0.05) is 0 Å². The summed E-state index contributed by atoms with van der Waals surface area (Å²) in [5.74, 6) is 0. The van der Waals surface area contributed by atoms with Gasteiger partial charge < -0.3 is 11.1 Å². The Kier molecular flexibility index (Phi) is 12.3. The maximum atomic E-state index is 9.53. The van der Waals surface area contributed by atoms with E-state index in [2.05, 4.69) is 5.73 Å². The zero-order valence-corrected chi connectivity index (χ0v) is 5.72. The molecule has 9 heavy (non-hydrogen) atoms. The molecule has 0 atom stereocenters. The number of nitrogens with two attached hydrogens (primary N) is 1. The van der Waals surface area contributed by atoms with Gasteiger partial charge in [-0.15, -0.1) is 0 Å². The van der Waals surface area contributed by atoms with Crippen molar-refractivity contribution in [2.24, 2.45) is 5.73 Å². The lowest BCUT2D eigenvalue weighted by atomic mass is 10.4. The summed E-state index contributed by atoms with van der Waals surface area (Å²) in [6.45, 7) is 1.61. The molecule has 52 valence electrons. The summed E-state index contributed by atoms with van der Waals surface area (Å²) in [4.78, 5) is 9.53. The standard InChI is InChI=1S/C5H7NO.CH5N/c1-5(6)3-2-4-7;1-2/h2-4,6H,1H3;2H2,1H3/b3-2-,6-5?;. The Balaban J connectivity index is 0. The van der Waals surface area contributed by atoms with Gasteiger partial charge in [0, 0.05) is 5.71 Å². The van der Waals surface area contributed by atoms with Crippen molar-refractivity contribution in [3.63, 3.8) is 0 Å². The minimum Gasteiger partial charge on any atom is -0.333 e. The van der Waals surface area contributed by atoms with E-state index in [1.807, 2.05) is 0 Å². The van der Waals surface area contributed by atoms with Crippen molar-refractivity contribution in [2.45, 2.75) is 6.92 Å². The molecule has 0 saturated carbocycles. The summed E-state index contributed by atoms with van der Waals surface area (Å²) in [6.07, 6.45) is 3.38. The van der Waals surface area contributed by atoms with Gasteiger partial charge in [0.2, 0.25) is 0 Å². The molecule has 0 amide bonds. The molecule has 0 fully saturated rings. The molecule has 0 aliphatic carbocycles. The number of carbonyl (C=O) groups excluding carboxylic acids is 1. The maximum Gasteiger partial charge on any atom is 0.142 e. The highest BCUT2D eigenvalue weighted by atomic mass is 16.1. The van der Waals surface area contributed by atoms with Gasteiger partial charge in [-0.3, -0.25) is 4.79 Å². The highest BCUT2D eigenvalue weighted by molar-refractivity contribution is 5.92. The molecule has 3 heteroatoms. The lowest BCUT2D eigenvalue weighted by molar-refractivity contribution is -0.104. The Bertz CT molecular complexity index is 108. The molecule has 0 aliphatic rings. The van der Waals surface area contributed by atoms with Crippen LogP contribution in [0.15, 0.2) is 12.2 Å². The maximum absolute atomic E-state index is 9.53.